The number of likely N-dealkylation sites (tertiary alicyclic amines) is 1. The molecule has 11 nitrogen and oxygen atoms in total. The minimum absolute atomic E-state index is 0.0818. The molecule has 1 aromatic heterocycles. The molecule has 7 rings (SSSR count). The van der Waals surface area contributed by atoms with E-state index in [4.69, 9.17) is 9.47 Å². The van der Waals surface area contributed by atoms with E-state index in [2.05, 4.69) is 26.7 Å². The van der Waals surface area contributed by atoms with Crippen LogP contribution in [0.1, 0.15) is 65.9 Å². The van der Waals surface area contributed by atoms with Crippen molar-refractivity contribution in [1.29, 1.82) is 0 Å². The summed E-state index contributed by atoms with van der Waals surface area (Å²) in [5.74, 6) is 0.431. The van der Waals surface area contributed by atoms with Crippen molar-refractivity contribution in [2.45, 2.75) is 75.6 Å². The number of morpholine rings is 1. The first-order valence-electron chi connectivity index (χ1n) is 15.9. The van der Waals surface area contributed by atoms with Gasteiger partial charge in [-0.1, -0.05) is 25.3 Å². The van der Waals surface area contributed by atoms with Gasteiger partial charge >= 0.3 is 16.2 Å². The third-order valence-electron chi connectivity index (χ3n) is 10.0. The van der Waals surface area contributed by atoms with Gasteiger partial charge < -0.3 is 24.3 Å². The number of amides is 3. The number of hydrogen-bond acceptors (Lipinski definition) is 6. The zero-order valence-electron chi connectivity index (χ0n) is 26.0. The molecule has 3 amide bonds. The SMILES string of the molecule is COc1ccc2c(c1)CC(NC(=O)N1C[C@H]3C[C@@H]1CO3)Cn1c-2c(C2CCCCC2)c2ccc(C(=O)NS(=O)(=O)N(C)C)cc21. The number of fused-ring (bicyclic) bond motifs is 7. The van der Waals surface area contributed by atoms with Gasteiger partial charge in [-0.3, -0.25) is 4.79 Å². The topological polar surface area (TPSA) is 122 Å². The van der Waals surface area contributed by atoms with E-state index < -0.39 is 16.1 Å². The van der Waals surface area contributed by atoms with Crippen LogP contribution in [0.4, 0.5) is 4.79 Å². The Morgan fingerprint density at radius 2 is 1.84 bits per heavy atom. The summed E-state index contributed by atoms with van der Waals surface area (Å²) in [5, 5.41) is 4.41. The molecule has 240 valence electrons. The quantitative estimate of drug-likeness (QED) is 0.422. The first-order valence-corrected chi connectivity index (χ1v) is 17.3. The number of methoxy groups -OCH3 is 1. The first kappa shape index (κ1) is 30.1. The predicted molar refractivity (Wildman–Crippen MR) is 171 cm³/mol. The van der Waals surface area contributed by atoms with Crippen molar-refractivity contribution >= 4 is 33.1 Å². The fraction of sp³-hybridized carbons (Fsp3) is 0.515. The highest BCUT2D eigenvalue weighted by Crippen LogP contribution is 2.46. The molecule has 3 atom stereocenters. The number of nitrogens with one attached hydrogen (secondary N) is 2. The molecule has 0 spiro atoms. The summed E-state index contributed by atoms with van der Waals surface area (Å²) in [6.45, 7) is 1.68. The van der Waals surface area contributed by atoms with Crippen molar-refractivity contribution in [2.24, 2.45) is 0 Å². The van der Waals surface area contributed by atoms with Crippen molar-refractivity contribution in [3.8, 4) is 17.0 Å². The summed E-state index contributed by atoms with van der Waals surface area (Å²) in [4.78, 5) is 28.8. The molecule has 2 aromatic carbocycles. The predicted octanol–water partition coefficient (Wildman–Crippen LogP) is 4.01. The van der Waals surface area contributed by atoms with E-state index in [1.165, 1.54) is 26.1 Å². The fourth-order valence-electron chi connectivity index (χ4n) is 7.72. The molecule has 1 aliphatic carbocycles. The van der Waals surface area contributed by atoms with Crippen LogP contribution in [0.2, 0.25) is 0 Å². The number of hydrogen-bond donors (Lipinski definition) is 2. The van der Waals surface area contributed by atoms with Gasteiger partial charge in [0.05, 0.1) is 37.6 Å². The van der Waals surface area contributed by atoms with E-state index >= 15 is 0 Å². The Kier molecular flexibility index (Phi) is 7.77. The number of benzene rings is 2. The van der Waals surface area contributed by atoms with Crippen molar-refractivity contribution in [2.75, 3.05) is 34.4 Å². The molecule has 0 radical (unpaired) electrons. The van der Waals surface area contributed by atoms with Gasteiger partial charge in [0.2, 0.25) is 0 Å². The maximum Gasteiger partial charge on any atom is 0.318 e. The number of aromatic nitrogens is 1. The second-order valence-electron chi connectivity index (χ2n) is 13.0. The Morgan fingerprint density at radius 3 is 2.53 bits per heavy atom. The van der Waals surface area contributed by atoms with Crippen LogP contribution in [-0.4, -0.2) is 86.7 Å². The summed E-state index contributed by atoms with van der Waals surface area (Å²) in [6.07, 6.45) is 7.32. The van der Waals surface area contributed by atoms with Gasteiger partial charge in [-0.05, 0) is 73.1 Å². The largest absolute Gasteiger partial charge is 0.497 e. The van der Waals surface area contributed by atoms with Gasteiger partial charge in [0.1, 0.15) is 5.75 Å². The second kappa shape index (κ2) is 11.6. The highest BCUT2D eigenvalue weighted by Gasteiger charge is 2.42. The van der Waals surface area contributed by atoms with Crippen molar-refractivity contribution in [3.05, 3.63) is 53.1 Å². The lowest BCUT2D eigenvalue weighted by Crippen LogP contribution is -2.51. The van der Waals surface area contributed by atoms with E-state index in [9.17, 15) is 18.0 Å². The molecule has 1 unspecified atom stereocenters. The summed E-state index contributed by atoms with van der Waals surface area (Å²) >= 11 is 0. The van der Waals surface area contributed by atoms with Crippen LogP contribution in [0.25, 0.3) is 22.2 Å². The van der Waals surface area contributed by atoms with Crippen LogP contribution in [0, 0.1) is 0 Å². The summed E-state index contributed by atoms with van der Waals surface area (Å²) in [7, 11) is 0.458. The van der Waals surface area contributed by atoms with Crippen molar-refractivity contribution in [3.63, 3.8) is 0 Å². The molecular formula is C33H41N5O6S. The number of nitrogens with zero attached hydrogens (tertiary/aromatic N) is 3. The molecule has 2 N–H and O–H groups in total. The maximum absolute atomic E-state index is 13.6. The van der Waals surface area contributed by atoms with Crippen LogP contribution in [-0.2, 0) is 27.9 Å². The molecule has 3 fully saturated rings. The normalized spacial score (nSPS) is 23.1. The Bertz CT molecular complexity index is 1760. The number of urea groups is 1. The van der Waals surface area contributed by atoms with Crippen LogP contribution < -0.4 is 14.8 Å². The summed E-state index contributed by atoms with van der Waals surface area (Å²) < 4.78 is 41.7. The van der Waals surface area contributed by atoms with Gasteiger partial charge in [0.15, 0.2) is 0 Å². The Hall–Kier alpha value is -3.61. The molecule has 3 aromatic rings. The van der Waals surface area contributed by atoms with Gasteiger partial charge in [-0.2, -0.15) is 12.7 Å². The minimum atomic E-state index is -3.96. The van der Waals surface area contributed by atoms with Crippen molar-refractivity contribution in [1.82, 2.24) is 23.8 Å². The van der Waals surface area contributed by atoms with E-state index in [1.807, 2.05) is 17.0 Å². The molecule has 1 saturated carbocycles. The van der Waals surface area contributed by atoms with Crippen LogP contribution in [0.3, 0.4) is 0 Å². The van der Waals surface area contributed by atoms with E-state index in [0.29, 0.717) is 32.0 Å². The molecule has 2 saturated heterocycles. The second-order valence-corrected chi connectivity index (χ2v) is 14.9. The lowest BCUT2D eigenvalue weighted by molar-refractivity contribution is 0.0439. The zero-order valence-corrected chi connectivity index (χ0v) is 26.9. The number of carbonyl (C=O) groups is 2. The van der Waals surface area contributed by atoms with Crippen molar-refractivity contribution < 1.29 is 27.5 Å². The fourth-order valence-corrected chi connectivity index (χ4v) is 8.25. The molecule has 4 aliphatic rings. The molecule has 4 heterocycles. The summed E-state index contributed by atoms with van der Waals surface area (Å²) in [6, 6.07) is 11.4. The highest BCUT2D eigenvalue weighted by atomic mass is 32.2. The molecule has 45 heavy (non-hydrogen) atoms. The Morgan fingerprint density at radius 1 is 1.04 bits per heavy atom. The van der Waals surface area contributed by atoms with E-state index in [1.54, 1.807) is 19.2 Å². The Labute approximate surface area is 264 Å². The molecule has 12 heteroatoms. The van der Waals surface area contributed by atoms with Gasteiger partial charge in [0, 0.05) is 49.2 Å². The molecule has 2 bridgehead atoms. The lowest BCUT2D eigenvalue weighted by atomic mass is 9.81. The smallest absolute Gasteiger partial charge is 0.318 e. The molecular weight excluding hydrogens is 594 g/mol. The van der Waals surface area contributed by atoms with Crippen LogP contribution >= 0.6 is 0 Å². The number of ether oxygens (including phenoxy) is 2. The number of carbonyl (C=O) groups excluding carboxylic acids is 2. The number of rotatable bonds is 6. The van der Waals surface area contributed by atoms with Gasteiger partial charge in [-0.25, -0.2) is 9.52 Å². The monoisotopic (exact) mass is 635 g/mol. The third-order valence-corrected chi connectivity index (χ3v) is 11.4. The minimum Gasteiger partial charge on any atom is -0.497 e. The van der Waals surface area contributed by atoms with Gasteiger partial charge in [-0.15, -0.1) is 0 Å². The highest BCUT2D eigenvalue weighted by molar-refractivity contribution is 7.87. The standard InChI is InChI=1S/C33H41N5O6S/c1-36(2)45(41,42)35-32(39)21-9-11-28-29(15-21)38-17-23(34-33(40)37-18-26-16-24(37)19-44-26)13-22-14-25(43-3)10-12-27(22)31(38)30(28)20-7-5-4-6-8-20/h9-12,14-15,20,23-24,26H,4-8,13,16-19H2,1-3H3,(H,34,40)(H,35,39)/t23?,24-,26-/m1/s1. The van der Waals surface area contributed by atoms with Crippen LogP contribution in [0.15, 0.2) is 36.4 Å². The zero-order chi connectivity index (χ0) is 31.5. The molecule has 3 aliphatic heterocycles. The maximum atomic E-state index is 13.6. The third kappa shape index (κ3) is 5.46. The first-order chi connectivity index (χ1) is 21.6. The van der Waals surface area contributed by atoms with Crippen LogP contribution in [0.5, 0.6) is 5.75 Å². The summed E-state index contributed by atoms with van der Waals surface area (Å²) in [5.41, 5.74) is 5.69. The average molecular weight is 636 g/mol. The van der Waals surface area contributed by atoms with Gasteiger partial charge in [0.25, 0.3) is 5.91 Å². The van der Waals surface area contributed by atoms with E-state index in [-0.39, 0.29) is 29.8 Å². The Balaban J connectivity index is 1.36. The lowest BCUT2D eigenvalue weighted by Gasteiger charge is -2.29. The average Bonchev–Trinajstić information content (AvgIpc) is 3.72. The van der Waals surface area contributed by atoms with E-state index in [0.717, 1.165) is 69.9 Å².